The van der Waals surface area contributed by atoms with Gasteiger partial charge in [0.05, 0.1) is 17.6 Å². The predicted octanol–water partition coefficient (Wildman–Crippen LogP) is 2.17. The highest BCUT2D eigenvalue weighted by Gasteiger charge is 2.33. The number of aromatic amines is 2. The van der Waals surface area contributed by atoms with Gasteiger partial charge >= 0.3 is 5.69 Å². The van der Waals surface area contributed by atoms with Gasteiger partial charge in [-0.3, -0.25) is 14.8 Å². The molecule has 0 saturated carbocycles. The smallest absolute Gasteiger partial charge is 0.326 e. The molecule has 0 aliphatic carbocycles. The van der Waals surface area contributed by atoms with Gasteiger partial charge in [0.1, 0.15) is 5.82 Å². The Balaban J connectivity index is 1.80. The van der Waals surface area contributed by atoms with Gasteiger partial charge in [-0.25, -0.2) is 23.5 Å². The molecule has 0 aliphatic heterocycles. The molecule has 8 nitrogen and oxygen atoms in total. The molecule has 0 aliphatic rings. The van der Waals surface area contributed by atoms with Crippen LogP contribution in [-0.2, 0) is 5.41 Å². The normalized spacial score (nSPS) is 14.2. The first-order chi connectivity index (χ1) is 13.8. The lowest BCUT2D eigenvalue weighted by molar-refractivity contribution is 0.267. The van der Waals surface area contributed by atoms with Crippen molar-refractivity contribution in [3.05, 3.63) is 69.1 Å². The molecule has 2 atom stereocenters. The van der Waals surface area contributed by atoms with Crippen LogP contribution in [0.15, 0.2) is 46.4 Å². The molecule has 0 saturated heterocycles. The van der Waals surface area contributed by atoms with Crippen LogP contribution in [0.1, 0.15) is 26.0 Å². The van der Waals surface area contributed by atoms with Crippen molar-refractivity contribution < 1.29 is 8.78 Å². The van der Waals surface area contributed by atoms with Crippen molar-refractivity contribution in [2.24, 2.45) is 0 Å². The van der Waals surface area contributed by atoms with E-state index in [0.717, 1.165) is 0 Å². The number of hydrogen-bond acceptors (Lipinski definition) is 6. The summed E-state index contributed by atoms with van der Waals surface area (Å²) >= 11 is 0. The van der Waals surface area contributed by atoms with E-state index in [1.165, 1.54) is 43.7 Å². The van der Waals surface area contributed by atoms with Crippen LogP contribution >= 0.6 is 0 Å². The van der Waals surface area contributed by atoms with Crippen molar-refractivity contribution in [2.75, 3.05) is 11.9 Å². The van der Waals surface area contributed by atoms with Gasteiger partial charge in [-0.2, -0.15) is 0 Å². The third-order valence-electron chi connectivity index (χ3n) is 4.42. The largest absolute Gasteiger partial charge is 0.353 e. The lowest BCUT2D eigenvalue weighted by atomic mass is 9.81. The lowest BCUT2D eigenvalue weighted by Gasteiger charge is -2.30. The van der Waals surface area contributed by atoms with Crippen molar-refractivity contribution in [3.63, 3.8) is 0 Å². The van der Waals surface area contributed by atoms with Gasteiger partial charge in [-0.1, -0.05) is 6.92 Å². The van der Waals surface area contributed by atoms with Gasteiger partial charge in [-0.05, 0) is 25.5 Å². The molecule has 3 aromatic heterocycles. The summed E-state index contributed by atoms with van der Waals surface area (Å²) in [4.78, 5) is 39.8. The standard InChI is InChI=1S/C19H20F2N6O2/c1-11(20)7-19(2,16-13(21)4-3-5-22-16)10-25-17-23-8-12(9-24-17)14-6-15(28)27-18(29)26-14/h3-6,8-9,11H,7,10H2,1-2H3,(H,23,24,25)(H2,26,27,28,29)/t11-,19-/m1/s1. The second-order valence-electron chi connectivity index (χ2n) is 7.03. The van der Waals surface area contributed by atoms with E-state index >= 15 is 0 Å². The molecule has 0 spiro atoms. The van der Waals surface area contributed by atoms with Crippen LogP contribution in [0.3, 0.4) is 0 Å². The average Bonchev–Trinajstić information content (AvgIpc) is 2.66. The summed E-state index contributed by atoms with van der Waals surface area (Å²) in [5.74, 6) is -0.276. The fourth-order valence-electron chi connectivity index (χ4n) is 3.16. The molecule has 152 valence electrons. The molecule has 3 rings (SSSR count). The van der Waals surface area contributed by atoms with E-state index < -0.39 is 28.7 Å². The van der Waals surface area contributed by atoms with E-state index in [0.29, 0.717) is 5.56 Å². The highest BCUT2D eigenvalue weighted by atomic mass is 19.1. The van der Waals surface area contributed by atoms with Crippen LogP contribution in [0.4, 0.5) is 14.7 Å². The molecular formula is C19H20F2N6O2. The van der Waals surface area contributed by atoms with Crippen LogP contribution in [-0.4, -0.2) is 37.6 Å². The molecule has 0 radical (unpaired) electrons. The molecular weight excluding hydrogens is 382 g/mol. The van der Waals surface area contributed by atoms with Crippen molar-refractivity contribution in [1.82, 2.24) is 24.9 Å². The number of anilines is 1. The Hall–Kier alpha value is -3.43. The number of rotatable bonds is 7. The Kier molecular flexibility index (Phi) is 5.81. The molecule has 0 fully saturated rings. The summed E-state index contributed by atoms with van der Waals surface area (Å²) in [6.07, 6.45) is 3.21. The van der Waals surface area contributed by atoms with Crippen LogP contribution < -0.4 is 16.6 Å². The van der Waals surface area contributed by atoms with E-state index in [9.17, 15) is 18.4 Å². The minimum absolute atomic E-state index is 0.0556. The zero-order valence-electron chi connectivity index (χ0n) is 15.9. The van der Waals surface area contributed by atoms with Gasteiger partial charge in [0, 0.05) is 42.2 Å². The number of aromatic nitrogens is 5. The van der Waals surface area contributed by atoms with Crippen molar-refractivity contribution in [1.29, 1.82) is 0 Å². The minimum Gasteiger partial charge on any atom is -0.353 e. The average molecular weight is 402 g/mol. The molecule has 3 heterocycles. The third kappa shape index (κ3) is 4.89. The first-order valence-electron chi connectivity index (χ1n) is 8.92. The van der Waals surface area contributed by atoms with Crippen LogP contribution in [0, 0.1) is 5.82 Å². The number of alkyl halides is 1. The van der Waals surface area contributed by atoms with E-state index in [-0.39, 0.29) is 30.3 Å². The lowest BCUT2D eigenvalue weighted by Crippen LogP contribution is -2.36. The maximum absolute atomic E-state index is 14.3. The number of nitrogens with one attached hydrogen (secondary N) is 3. The maximum atomic E-state index is 14.3. The number of H-pyrrole nitrogens is 2. The first-order valence-corrected chi connectivity index (χ1v) is 8.92. The van der Waals surface area contributed by atoms with Gasteiger partial charge < -0.3 is 10.3 Å². The van der Waals surface area contributed by atoms with Gasteiger partial charge in [0.15, 0.2) is 0 Å². The maximum Gasteiger partial charge on any atom is 0.326 e. The molecule has 0 aromatic carbocycles. The zero-order valence-corrected chi connectivity index (χ0v) is 15.9. The monoisotopic (exact) mass is 402 g/mol. The molecule has 0 unspecified atom stereocenters. The second kappa shape index (κ2) is 8.29. The van der Waals surface area contributed by atoms with E-state index in [2.05, 4.69) is 30.2 Å². The Labute approximate surface area is 164 Å². The summed E-state index contributed by atoms with van der Waals surface area (Å²) in [6.45, 7) is 3.28. The quantitative estimate of drug-likeness (QED) is 0.558. The Morgan fingerprint density at radius 1 is 1.21 bits per heavy atom. The molecule has 3 aromatic rings. The Bertz CT molecular complexity index is 1070. The second-order valence-corrected chi connectivity index (χ2v) is 7.03. The zero-order chi connectivity index (χ0) is 21.0. The SMILES string of the molecule is C[C@@H](F)C[C@](C)(CNc1ncc(-c2cc(=O)[nH]c(=O)[nH]2)cn1)c1ncccc1F. The fourth-order valence-corrected chi connectivity index (χ4v) is 3.16. The minimum atomic E-state index is -1.17. The molecule has 10 heteroatoms. The van der Waals surface area contributed by atoms with E-state index in [4.69, 9.17) is 0 Å². The van der Waals surface area contributed by atoms with Crippen LogP contribution in [0.25, 0.3) is 11.3 Å². The van der Waals surface area contributed by atoms with Gasteiger partial charge in [-0.15, -0.1) is 0 Å². The molecule has 29 heavy (non-hydrogen) atoms. The Morgan fingerprint density at radius 3 is 2.55 bits per heavy atom. The summed E-state index contributed by atoms with van der Waals surface area (Å²) in [5.41, 5.74) is -1.23. The highest BCUT2D eigenvalue weighted by Crippen LogP contribution is 2.30. The number of nitrogens with zero attached hydrogens (tertiary/aromatic N) is 3. The highest BCUT2D eigenvalue weighted by molar-refractivity contribution is 5.56. The number of pyridine rings is 1. The number of hydrogen-bond donors (Lipinski definition) is 3. The first kappa shape index (κ1) is 20.3. The summed E-state index contributed by atoms with van der Waals surface area (Å²) in [5, 5.41) is 2.98. The Morgan fingerprint density at radius 2 is 1.93 bits per heavy atom. The molecule has 0 amide bonds. The van der Waals surface area contributed by atoms with Crippen molar-refractivity contribution >= 4 is 5.95 Å². The molecule has 0 bridgehead atoms. The fraction of sp³-hybridized carbons (Fsp3) is 0.316. The summed E-state index contributed by atoms with van der Waals surface area (Å²) < 4.78 is 28.0. The third-order valence-corrected chi connectivity index (χ3v) is 4.42. The predicted molar refractivity (Wildman–Crippen MR) is 104 cm³/mol. The van der Waals surface area contributed by atoms with Crippen molar-refractivity contribution in [2.45, 2.75) is 31.9 Å². The number of halogens is 2. The summed E-state index contributed by atoms with van der Waals surface area (Å²) in [6, 6.07) is 3.99. The topological polar surface area (TPSA) is 116 Å². The van der Waals surface area contributed by atoms with Crippen molar-refractivity contribution in [3.8, 4) is 11.3 Å². The van der Waals surface area contributed by atoms with E-state index in [1.807, 2.05) is 0 Å². The summed E-state index contributed by atoms with van der Waals surface area (Å²) in [7, 11) is 0. The van der Waals surface area contributed by atoms with Crippen LogP contribution in [0.2, 0.25) is 0 Å². The molecule has 3 N–H and O–H groups in total. The van der Waals surface area contributed by atoms with E-state index in [1.54, 1.807) is 6.92 Å². The van der Waals surface area contributed by atoms with Gasteiger partial charge in [0.25, 0.3) is 5.56 Å². The van der Waals surface area contributed by atoms with Crippen LogP contribution in [0.5, 0.6) is 0 Å². The van der Waals surface area contributed by atoms with Gasteiger partial charge in [0.2, 0.25) is 5.95 Å².